The molecule has 4 rings (SSSR count). The molecule has 29 heavy (non-hydrogen) atoms. The standard InChI is InChI=1S/C23H22N4O2/c28-22(25-19-8-10-20(11-9-19)27-14-4-5-15-27)17-12-13-24-21(16-17)23(29)26-18-6-2-1-3-7-18/h1-3,6-13,16H,4-5,14-15H2,(H,25,28)(H,26,29). The molecule has 6 nitrogen and oxygen atoms in total. The highest BCUT2D eigenvalue weighted by molar-refractivity contribution is 6.07. The third-order valence-electron chi connectivity index (χ3n) is 4.88. The van der Waals surface area contributed by atoms with E-state index in [1.165, 1.54) is 30.8 Å². The molecule has 0 bridgehead atoms. The Labute approximate surface area is 169 Å². The molecule has 0 saturated carbocycles. The number of anilines is 3. The van der Waals surface area contributed by atoms with Crippen molar-refractivity contribution >= 4 is 28.9 Å². The third kappa shape index (κ3) is 4.60. The van der Waals surface area contributed by atoms with E-state index in [9.17, 15) is 9.59 Å². The first-order valence-electron chi connectivity index (χ1n) is 9.68. The number of hydrogen-bond donors (Lipinski definition) is 2. The maximum Gasteiger partial charge on any atom is 0.274 e. The number of carbonyl (C=O) groups excluding carboxylic acids is 2. The van der Waals surface area contributed by atoms with Crippen LogP contribution in [0.5, 0.6) is 0 Å². The van der Waals surface area contributed by atoms with Gasteiger partial charge in [0.05, 0.1) is 0 Å². The van der Waals surface area contributed by atoms with Crippen LogP contribution in [-0.2, 0) is 0 Å². The van der Waals surface area contributed by atoms with Crippen LogP contribution >= 0.6 is 0 Å². The van der Waals surface area contributed by atoms with Crippen molar-refractivity contribution < 1.29 is 9.59 Å². The molecule has 1 aromatic heterocycles. The number of amides is 2. The predicted molar refractivity (Wildman–Crippen MR) is 114 cm³/mol. The quantitative estimate of drug-likeness (QED) is 0.690. The van der Waals surface area contributed by atoms with Gasteiger partial charge in [0.15, 0.2) is 0 Å². The van der Waals surface area contributed by atoms with Gasteiger partial charge in [-0.1, -0.05) is 18.2 Å². The molecule has 1 aliphatic rings. The second-order valence-corrected chi connectivity index (χ2v) is 6.95. The van der Waals surface area contributed by atoms with Crippen molar-refractivity contribution in [1.29, 1.82) is 0 Å². The van der Waals surface area contributed by atoms with Crippen molar-refractivity contribution in [2.75, 3.05) is 28.6 Å². The first-order valence-corrected chi connectivity index (χ1v) is 9.68. The molecule has 0 spiro atoms. The van der Waals surface area contributed by atoms with E-state index in [1.54, 1.807) is 18.2 Å². The van der Waals surface area contributed by atoms with E-state index in [2.05, 4.69) is 20.5 Å². The average Bonchev–Trinajstić information content (AvgIpc) is 3.30. The molecule has 2 heterocycles. The van der Waals surface area contributed by atoms with Gasteiger partial charge in [-0.15, -0.1) is 0 Å². The van der Waals surface area contributed by atoms with Crippen LogP contribution in [-0.4, -0.2) is 29.9 Å². The zero-order valence-electron chi connectivity index (χ0n) is 16.0. The Morgan fingerprint density at radius 1 is 0.793 bits per heavy atom. The average molecular weight is 386 g/mol. The number of benzene rings is 2. The van der Waals surface area contributed by atoms with E-state index < -0.39 is 0 Å². The van der Waals surface area contributed by atoms with Gasteiger partial charge in [-0.05, 0) is 61.4 Å². The highest BCUT2D eigenvalue weighted by atomic mass is 16.2. The SMILES string of the molecule is O=C(Nc1ccc(N2CCCC2)cc1)c1ccnc(C(=O)Nc2ccccc2)c1. The second-order valence-electron chi connectivity index (χ2n) is 6.95. The second kappa shape index (κ2) is 8.56. The van der Waals surface area contributed by atoms with Crippen LogP contribution in [0.4, 0.5) is 17.1 Å². The Bertz CT molecular complexity index is 997. The van der Waals surface area contributed by atoms with Gasteiger partial charge in [0.25, 0.3) is 11.8 Å². The van der Waals surface area contributed by atoms with Gasteiger partial charge >= 0.3 is 0 Å². The minimum absolute atomic E-state index is 0.186. The van der Waals surface area contributed by atoms with Crippen molar-refractivity contribution in [3.05, 3.63) is 84.2 Å². The lowest BCUT2D eigenvalue weighted by atomic mass is 10.2. The summed E-state index contributed by atoms with van der Waals surface area (Å²) in [5, 5.41) is 5.64. The van der Waals surface area contributed by atoms with Crippen molar-refractivity contribution in [3.63, 3.8) is 0 Å². The fraction of sp³-hybridized carbons (Fsp3) is 0.174. The summed E-state index contributed by atoms with van der Waals surface area (Å²) in [6.07, 6.45) is 3.91. The van der Waals surface area contributed by atoms with Gasteiger partial charge in [0.1, 0.15) is 5.69 Å². The van der Waals surface area contributed by atoms with Crippen molar-refractivity contribution in [2.45, 2.75) is 12.8 Å². The van der Waals surface area contributed by atoms with Crippen LogP contribution < -0.4 is 15.5 Å². The summed E-state index contributed by atoms with van der Waals surface area (Å²) in [6, 6.07) is 20.0. The Kier molecular flexibility index (Phi) is 5.52. The Hall–Kier alpha value is -3.67. The highest BCUT2D eigenvalue weighted by Crippen LogP contribution is 2.22. The number of carbonyl (C=O) groups is 2. The number of hydrogen-bond acceptors (Lipinski definition) is 4. The van der Waals surface area contributed by atoms with Gasteiger partial charge in [-0.25, -0.2) is 0 Å². The summed E-state index contributed by atoms with van der Waals surface area (Å²) < 4.78 is 0. The highest BCUT2D eigenvalue weighted by Gasteiger charge is 2.14. The fourth-order valence-corrected chi connectivity index (χ4v) is 3.35. The first-order chi connectivity index (χ1) is 14.2. The molecule has 2 N–H and O–H groups in total. The molecule has 1 saturated heterocycles. The number of rotatable bonds is 5. The van der Waals surface area contributed by atoms with E-state index in [-0.39, 0.29) is 17.5 Å². The summed E-state index contributed by atoms with van der Waals surface area (Å²) in [7, 11) is 0. The molecule has 2 aromatic carbocycles. The smallest absolute Gasteiger partial charge is 0.274 e. The molecule has 1 aliphatic heterocycles. The molecule has 2 amide bonds. The third-order valence-corrected chi connectivity index (χ3v) is 4.88. The van der Waals surface area contributed by atoms with Gasteiger partial charge in [0, 0.05) is 41.9 Å². The fourth-order valence-electron chi connectivity index (χ4n) is 3.35. The summed E-state index contributed by atoms with van der Waals surface area (Å²) in [4.78, 5) is 31.4. The molecule has 6 heteroatoms. The van der Waals surface area contributed by atoms with E-state index in [4.69, 9.17) is 0 Å². The molecular formula is C23H22N4O2. The van der Waals surface area contributed by atoms with E-state index in [1.807, 2.05) is 42.5 Å². The van der Waals surface area contributed by atoms with E-state index in [0.29, 0.717) is 16.9 Å². The number of aromatic nitrogens is 1. The van der Waals surface area contributed by atoms with Gasteiger partial charge < -0.3 is 15.5 Å². The predicted octanol–water partition coefficient (Wildman–Crippen LogP) is 4.19. The lowest BCUT2D eigenvalue weighted by Crippen LogP contribution is -2.18. The van der Waals surface area contributed by atoms with E-state index in [0.717, 1.165) is 13.1 Å². The van der Waals surface area contributed by atoms with Crippen LogP contribution in [0.15, 0.2) is 72.9 Å². The number of nitrogens with one attached hydrogen (secondary N) is 2. The Morgan fingerprint density at radius 2 is 1.45 bits per heavy atom. The molecule has 146 valence electrons. The lowest BCUT2D eigenvalue weighted by molar-refractivity contribution is 0.102. The summed E-state index contributed by atoms with van der Waals surface area (Å²) in [5.74, 6) is -0.643. The van der Waals surface area contributed by atoms with Crippen LogP contribution in [0.1, 0.15) is 33.7 Å². The van der Waals surface area contributed by atoms with Crippen LogP contribution in [0.2, 0.25) is 0 Å². The summed E-state index contributed by atoms with van der Waals surface area (Å²) in [5.41, 5.74) is 3.12. The molecular weight excluding hydrogens is 364 g/mol. The van der Waals surface area contributed by atoms with Crippen molar-refractivity contribution in [1.82, 2.24) is 4.98 Å². The molecule has 0 unspecified atom stereocenters. The topological polar surface area (TPSA) is 74.3 Å². The summed E-state index contributed by atoms with van der Waals surface area (Å²) in [6.45, 7) is 2.16. The normalized spacial score (nSPS) is 13.2. The molecule has 0 aliphatic carbocycles. The number of nitrogens with zero attached hydrogens (tertiary/aromatic N) is 2. The Morgan fingerprint density at radius 3 is 2.17 bits per heavy atom. The van der Waals surface area contributed by atoms with Crippen molar-refractivity contribution in [3.8, 4) is 0 Å². The lowest BCUT2D eigenvalue weighted by Gasteiger charge is -2.17. The first kappa shape index (κ1) is 18.7. The zero-order chi connectivity index (χ0) is 20.1. The van der Waals surface area contributed by atoms with Gasteiger partial charge in [0.2, 0.25) is 0 Å². The van der Waals surface area contributed by atoms with Crippen molar-refractivity contribution in [2.24, 2.45) is 0 Å². The largest absolute Gasteiger partial charge is 0.372 e. The molecule has 3 aromatic rings. The maximum absolute atomic E-state index is 12.6. The van der Waals surface area contributed by atoms with Crippen LogP contribution in [0.3, 0.4) is 0 Å². The van der Waals surface area contributed by atoms with Crippen LogP contribution in [0, 0.1) is 0 Å². The van der Waals surface area contributed by atoms with Gasteiger partial charge in [-0.3, -0.25) is 14.6 Å². The molecule has 1 fully saturated rings. The molecule has 0 atom stereocenters. The number of para-hydroxylation sites is 1. The minimum Gasteiger partial charge on any atom is -0.372 e. The van der Waals surface area contributed by atoms with Crippen LogP contribution in [0.25, 0.3) is 0 Å². The van der Waals surface area contributed by atoms with Gasteiger partial charge in [-0.2, -0.15) is 0 Å². The maximum atomic E-state index is 12.6. The number of pyridine rings is 1. The monoisotopic (exact) mass is 386 g/mol. The minimum atomic E-state index is -0.360. The molecule has 0 radical (unpaired) electrons. The van der Waals surface area contributed by atoms with E-state index >= 15 is 0 Å². The summed E-state index contributed by atoms with van der Waals surface area (Å²) >= 11 is 0. The zero-order valence-corrected chi connectivity index (χ0v) is 16.0. The Balaban J connectivity index is 1.42.